The van der Waals surface area contributed by atoms with E-state index in [9.17, 15) is 14.4 Å². The van der Waals surface area contributed by atoms with Gasteiger partial charge in [-0.25, -0.2) is 4.79 Å². The minimum absolute atomic E-state index is 0.110. The summed E-state index contributed by atoms with van der Waals surface area (Å²) in [5.74, 6) is -1.60. The van der Waals surface area contributed by atoms with Gasteiger partial charge < -0.3 is 20.1 Å². The number of nitrogens with zero attached hydrogens (tertiary/aromatic N) is 1. The highest BCUT2D eigenvalue weighted by Crippen LogP contribution is 2.27. The number of nitrogens with one attached hydrogen (secondary N) is 2. The zero-order chi connectivity index (χ0) is 22.9. The van der Waals surface area contributed by atoms with E-state index >= 15 is 0 Å². The zero-order valence-corrected chi connectivity index (χ0v) is 17.9. The third-order valence-corrected chi connectivity index (χ3v) is 4.55. The summed E-state index contributed by atoms with van der Waals surface area (Å²) < 4.78 is 9.91. The van der Waals surface area contributed by atoms with E-state index in [-0.39, 0.29) is 24.5 Å². The van der Waals surface area contributed by atoms with Crippen LogP contribution in [0.15, 0.2) is 67.0 Å². The van der Waals surface area contributed by atoms with Gasteiger partial charge >= 0.3 is 5.97 Å². The lowest BCUT2D eigenvalue weighted by atomic mass is 10.1. The molecule has 0 aliphatic carbocycles. The van der Waals surface area contributed by atoms with Crippen molar-refractivity contribution in [2.45, 2.75) is 0 Å². The van der Waals surface area contributed by atoms with Crippen LogP contribution in [0.25, 0.3) is 11.1 Å². The lowest BCUT2D eigenvalue weighted by molar-refractivity contribution is -0.125. The Morgan fingerprint density at radius 1 is 0.906 bits per heavy atom. The third kappa shape index (κ3) is 6.13. The molecule has 3 aromatic rings. The Labute approximate surface area is 189 Å². The molecule has 0 unspecified atom stereocenters. The lowest BCUT2D eigenvalue weighted by Gasteiger charge is -2.12. The molecule has 2 aromatic carbocycles. The van der Waals surface area contributed by atoms with Gasteiger partial charge in [0.05, 0.1) is 18.4 Å². The number of hydrogen-bond acceptors (Lipinski definition) is 6. The maximum Gasteiger partial charge on any atom is 0.340 e. The number of esters is 1. The topological polar surface area (TPSA) is 107 Å². The fraction of sp³-hybridized carbons (Fsp3) is 0.130. The number of rotatable bonds is 8. The van der Waals surface area contributed by atoms with Crippen LogP contribution in [-0.2, 0) is 19.1 Å². The number of para-hydroxylation sites is 1. The predicted octanol–water partition coefficient (Wildman–Crippen LogP) is 3.78. The Morgan fingerprint density at radius 2 is 1.56 bits per heavy atom. The van der Waals surface area contributed by atoms with Crippen molar-refractivity contribution >= 4 is 40.8 Å². The van der Waals surface area contributed by atoms with E-state index < -0.39 is 17.8 Å². The summed E-state index contributed by atoms with van der Waals surface area (Å²) in [5.41, 5.74) is 2.68. The van der Waals surface area contributed by atoms with Gasteiger partial charge in [0.1, 0.15) is 13.2 Å². The lowest BCUT2D eigenvalue weighted by Crippen LogP contribution is -2.24. The van der Waals surface area contributed by atoms with E-state index in [1.165, 1.54) is 25.3 Å². The molecule has 1 heterocycles. The van der Waals surface area contributed by atoms with Crippen LogP contribution in [-0.4, -0.2) is 43.1 Å². The van der Waals surface area contributed by atoms with E-state index in [0.29, 0.717) is 10.7 Å². The second-order valence-corrected chi connectivity index (χ2v) is 6.99. The van der Waals surface area contributed by atoms with E-state index in [1.54, 1.807) is 24.5 Å². The average Bonchev–Trinajstić information content (AvgIpc) is 2.80. The van der Waals surface area contributed by atoms with E-state index in [2.05, 4.69) is 20.4 Å². The second kappa shape index (κ2) is 11.0. The standard InChI is InChI=1S/C23H20ClN3O5/c1-31-23(30)18-12-16(24)6-7-20(18)27-22(29)14-32-13-21(28)26-19-5-3-2-4-17(19)15-8-10-25-11-9-15/h2-12H,13-14H2,1H3,(H,26,28)(H,27,29). The monoisotopic (exact) mass is 453 g/mol. The Hall–Kier alpha value is -3.75. The van der Waals surface area contributed by atoms with Crippen LogP contribution in [0.5, 0.6) is 0 Å². The Morgan fingerprint density at radius 3 is 2.25 bits per heavy atom. The fourth-order valence-corrected chi connectivity index (χ4v) is 3.06. The number of anilines is 2. The van der Waals surface area contributed by atoms with Crippen LogP contribution < -0.4 is 10.6 Å². The molecular weight excluding hydrogens is 434 g/mol. The van der Waals surface area contributed by atoms with Crippen LogP contribution in [0.1, 0.15) is 10.4 Å². The summed E-state index contributed by atoms with van der Waals surface area (Å²) in [7, 11) is 1.23. The number of pyridine rings is 1. The number of halogens is 1. The van der Waals surface area contributed by atoms with Crippen molar-refractivity contribution in [1.82, 2.24) is 4.98 Å². The summed E-state index contributed by atoms with van der Waals surface area (Å²) in [6.07, 6.45) is 3.34. The van der Waals surface area contributed by atoms with Crippen molar-refractivity contribution in [3.63, 3.8) is 0 Å². The first-order chi connectivity index (χ1) is 15.5. The van der Waals surface area contributed by atoms with Gasteiger partial charge in [-0.1, -0.05) is 29.8 Å². The molecular formula is C23H20ClN3O5. The Bertz CT molecular complexity index is 1120. The Kier molecular flexibility index (Phi) is 7.91. The maximum absolute atomic E-state index is 12.3. The summed E-state index contributed by atoms with van der Waals surface area (Å²) in [5, 5.41) is 5.65. The van der Waals surface area contributed by atoms with Gasteiger partial charge in [-0.15, -0.1) is 0 Å². The normalized spacial score (nSPS) is 10.3. The van der Waals surface area contributed by atoms with Crippen LogP contribution in [0.2, 0.25) is 5.02 Å². The number of carbonyl (C=O) groups is 3. The fourth-order valence-electron chi connectivity index (χ4n) is 2.89. The van der Waals surface area contributed by atoms with Crippen molar-refractivity contribution in [3.05, 3.63) is 77.6 Å². The SMILES string of the molecule is COC(=O)c1cc(Cl)ccc1NC(=O)COCC(=O)Nc1ccccc1-c1ccncc1. The minimum Gasteiger partial charge on any atom is -0.465 e. The second-order valence-electron chi connectivity index (χ2n) is 6.55. The molecule has 0 spiro atoms. The average molecular weight is 454 g/mol. The molecule has 0 saturated carbocycles. The molecule has 0 aliphatic heterocycles. The van der Waals surface area contributed by atoms with Crippen molar-refractivity contribution in [3.8, 4) is 11.1 Å². The molecule has 1 aromatic heterocycles. The summed E-state index contributed by atoms with van der Waals surface area (Å²) in [6.45, 7) is -0.717. The van der Waals surface area contributed by atoms with Gasteiger partial charge in [-0.2, -0.15) is 0 Å². The van der Waals surface area contributed by atoms with Gasteiger partial charge in [0.15, 0.2) is 0 Å². The van der Waals surface area contributed by atoms with Crippen molar-refractivity contribution in [2.75, 3.05) is 31.0 Å². The van der Waals surface area contributed by atoms with Crippen LogP contribution in [0, 0.1) is 0 Å². The van der Waals surface area contributed by atoms with Crippen molar-refractivity contribution in [2.24, 2.45) is 0 Å². The largest absolute Gasteiger partial charge is 0.465 e. The first-order valence-corrected chi connectivity index (χ1v) is 9.90. The van der Waals surface area contributed by atoms with Gasteiger partial charge in [0, 0.05) is 28.7 Å². The molecule has 0 atom stereocenters. The predicted molar refractivity (Wildman–Crippen MR) is 121 cm³/mol. The molecule has 32 heavy (non-hydrogen) atoms. The molecule has 2 amide bonds. The number of methoxy groups -OCH3 is 1. The molecule has 0 fully saturated rings. The van der Waals surface area contributed by atoms with E-state index in [0.717, 1.165) is 11.1 Å². The summed E-state index contributed by atoms with van der Waals surface area (Å²) in [6, 6.07) is 15.4. The number of carbonyl (C=O) groups excluding carboxylic acids is 3. The van der Waals surface area contributed by atoms with Gasteiger partial charge in [-0.05, 0) is 42.0 Å². The number of amides is 2. The van der Waals surface area contributed by atoms with Gasteiger partial charge in [0.25, 0.3) is 0 Å². The molecule has 164 valence electrons. The highest BCUT2D eigenvalue weighted by molar-refractivity contribution is 6.31. The highest BCUT2D eigenvalue weighted by Gasteiger charge is 2.15. The molecule has 8 nitrogen and oxygen atoms in total. The van der Waals surface area contributed by atoms with Gasteiger partial charge in [0.2, 0.25) is 11.8 Å². The smallest absolute Gasteiger partial charge is 0.340 e. The van der Waals surface area contributed by atoms with Crippen molar-refractivity contribution in [1.29, 1.82) is 0 Å². The first-order valence-electron chi connectivity index (χ1n) is 9.52. The molecule has 9 heteroatoms. The molecule has 0 radical (unpaired) electrons. The molecule has 2 N–H and O–H groups in total. The van der Waals surface area contributed by atoms with Crippen LogP contribution in [0.4, 0.5) is 11.4 Å². The number of aromatic nitrogens is 1. The van der Waals surface area contributed by atoms with E-state index in [4.69, 9.17) is 16.3 Å². The highest BCUT2D eigenvalue weighted by atomic mass is 35.5. The maximum atomic E-state index is 12.3. The first kappa shape index (κ1) is 22.9. The molecule has 0 aliphatic rings. The molecule has 3 rings (SSSR count). The van der Waals surface area contributed by atoms with Gasteiger partial charge in [-0.3, -0.25) is 14.6 Å². The van der Waals surface area contributed by atoms with Crippen LogP contribution >= 0.6 is 11.6 Å². The number of benzene rings is 2. The number of ether oxygens (including phenoxy) is 2. The summed E-state index contributed by atoms with van der Waals surface area (Å²) in [4.78, 5) is 40.3. The quantitative estimate of drug-likeness (QED) is 0.503. The Balaban J connectivity index is 1.54. The molecule has 0 bridgehead atoms. The zero-order valence-electron chi connectivity index (χ0n) is 17.1. The van der Waals surface area contributed by atoms with E-state index in [1.807, 2.05) is 24.3 Å². The van der Waals surface area contributed by atoms with Crippen LogP contribution in [0.3, 0.4) is 0 Å². The minimum atomic E-state index is -0.643. The van der Waals surface area contributed by atoms with Crippen molar-refractivity contribution < 1.29 is 23.9 Å². The third-order valence-electron chi connectivity index (χ3n) is 4.32. The summed E-state index contributed by atoms with van der Waals surface area (Å²) >= 11 is 5.90. The molecule has 0 saturated heterocycles. The number of hydrogen-bond donors (Lipinski definition) is 2.